The fourth-order valence-corrected chi connectivity index (χ4v) is 6.09. The monoisotopic (exact) mass is 569 g/mol. The van der Waals surface area contributed by atoms with Crippen LogP contribution in [0, 0.1) is 16.7 Å². The molecule has 220 valence electrons. The number of amides is 2. The molecule has 2 heterocycles. The first-order chi connectivity index (χ1) is 20.5. The molecule has 0 spiro atoms. The molecule has 0 bridgehead atoms. The van der Waals surface area contributed by atoms with Gasteiger partial charge in [-0.3, -0.25) is 10.8 Å². The van der Waals surface area contributed by atoms with Gasteiger partial charge in [-0.25, -0.2) is 4.79 Å². The summed E-state index contributed by atoms with van der Waals surface area (Å²) < 4.78 is 20.2. The van der Waals surface area contributed by atoms with Crippen LogP contribution in [0.2, 0.25) is 0 Å². The van der Waals surface area contributed by atoms with Gasteiger partial charge in [0.15, 0.2) is 5.90 Å². The summed E-state index contributed by atoms with van der Waals surface area (Å²) in [6.07, 6.45) is 10.3. The van der Waals surface area contributed by atoms with E-state index >= 15 is 0 Å². The minimum absolute atomic E-state index is 0.00477. The molecule has 2 aromatic carbocycles. The minimum Gasteiger partial charge on any atom is -0.490 e. The van der Waals surface area contributed by atoms with Crippen LogP contribution in [-0.4, -0.2) is 47.8 Å². The Balaban J connectivity index is 1.27. The van der Waals surface area contributed by atoms with Gasteiger partial charge in [0.1, 0.15) is 11.9 Å². The van der Waals surface area contributed by atoms with E-state index < -0.39 is 0 Å². The van der Waals surface area contributed by atoms with E-state index in [1.807, 2.05) is 36.4 Å². The van der Waals surface area contributed by atoms with Crippen molar-refractivity contribution in [3.63, 3.8) is 0 Å². The van der Waals surface area contributed by atoms with E-state index in [9.17, 15) is 4.79 Å². The van der Waals surface area contributed by atoms with Crippen LogP contribution in [0.4, 0.5) is 10.5 Å². The SMILES string of the molecule is N=C(OC(=N)C1CC1)c1c(-c2ccc(NC(=O)NC3CCC3)cc2)n(C2CCC2)c2cc(OC3CCOCC3)ccc12. The second-order valence-electron chi connectivity index (χ2n) is 12.2. The molecular formula is C33H39N5O4. The number of anilines is 1. The maximum absolute atomic E-state index is 12.4. The molecule has 1 aliphatic heterocycles. The molecule has 3 saturated carbocycles. The van der Waals surface area contributed by atoms with Crippen molar-refractivity contribution >= 4 is 34.4 Å². The molecule has 0 atom stereocenters. The number of nitrogens with one attached hydrogen (secondary N) is 4. The van der Waals surface area contributed by atoms with E-state index in [2.05, 4.69) is 21.3 Å². The molecule has 3 aliphatic carbocycles. The highest BCUT2D eigenvalue weighted by molar-refractivity contribution is 6.14. The fourth-order valence-electron chi connectivity index (χ4n) is 6.09. The minimum atomic E-state index is -0.178. The quantitative estimate of drug-likeness (QED) is 0.172. The van der Waals surface area contributed by atoms with E-state index in [0.29, 0.717) is 24.8 Å². The van der Waals surface area contributed by atoms with Gasteiger partial charge in [-0.05, 0) is 81.2 Å². The molecule has 3 aromatic rings. The fraction of sp³-hybridized carbons (Fsp3) is 0.485. The van der Waals surface area contributed by atoms with Gasteiger partial charge >= 0.3 is 6.03 Å². The Bertz CT molecular complexity index is 1490. The third kappa shape index (κ3) is 5.50. The van der Waals surface area contributed by atoms with Gasteiger partial charge in [0.05, 0.1) is 30.0 Å². The summed E-state index contributed by atoms with van der Waals surface area (Å²) in [5.74, 6) is 1.11. The highest BCUT2D eigenvalue weighted by Crippen LogP contribution is 2.44. The van der Waals surface area contributed by atoms with Crippen LogP contribution >= 0.6 is 0 Å². The van der Waals surface area contributed by atoms with Gasteiger partial charge in [0.2, 0.25) is 5.90 Å². The van der Waals surface area contributed by atoms with E-state index in [1.165, 1.54) is 6.42 Å². The number of rotatable bonds is 8. The van der Waals surface area contributed by atoms with Crippen LogP contribution in [0.25, 0.3) is 22.2 Å². The van der Waals surface area contributed by atoms with Crippen molar-refractivity contribution in [3.8, 4) is 17.0 Å². The van der Waals surface area contributed by atoms with Gasteiger partial charge in [-0.2, -0.15) is 0 Å². The number of carbonyl (C=O) groups is 1. The summed E-state index contributed by atoms with van der Waals surface area (Å²) in [5.41, 5.74) is 4.29. The van der Waals surface area contributed by atoms with E-state index in [-0.39, 0.29) is 35.9 Å². The number of nitrogens with zero attached hydrogens (tertiary/aromatic N) is 1. The Hall–Kier alpha value is -3.85. The Morgan fingerprint density at radius 2 is 1.64 bits per heavy atom. The van der Waals surface area contributed by atoms with Crippen molar-refractivity contribution in [2.75, 3.05) is 18.5 Å². The Labute approximate surface area is 245 Å². The summed E-state index contributed by atoms with van der Waals surface area (Å²) in [7, 11) is 0. The predicted molar refractivity (Wildman–Crippen MR) is 163 cm³/mol. The number of hydrogen-bond acceptors (Lipinski definition) is 6. The lowest BCUT2D eigenvalue weighted by Crippen LogP contribution is -2.41. The van der Waals surface area contributed by atoms with Crippen molar-refractivity contribution in [1.29, 1.82) is 10.8 Å². The lowest BCUT2D eigenvalue weighted by Gasteiger charge is -2.30. The molecule has 9 nitrogen and oxygen atoms in total. The van der Waals surface area contributed by atoms with Crippen LogP contribution in [0.1, 0.15) is 75.8 Å². The molecule has 0 radical (unpaired) electrons. The van der Waals surface area contributed by atoms with Crippen molar-refractivity contribution in [3.05, 3.63) is 48.0 Å². The first-order valence-electron chi connectivity index (χ1n) is 15.5. The molecule has 4 N–H and O–H groups in total. The highest BCUT2D eigenvalue weighted by atomic mass is 16.5. The van der Waals surface area contributed by atoms with E-state index in [4.69, 9.17) is 25.0 Å². The standard InChI is InChI=1S/C33H39N5O4/c34-31(21-7-8-21)42-32(35)29-27-14-13-26(41-25-15-17-40-18-16-25)19-28(27)38(24-5-2-6-24)30(29)20-9-11-23(12-10-20)37-33(39)36-22-3-1-4-22/h9-14,19,21-22,24-25,34-35H,1-8,15-18H2,(H2,36,37,39). The second-order valence-corrected chi connectivity index (χ2v) is 12.2. The number of ether oxygens (including phenoxy) is 3. The summed E-state index contributed by atoms with van der Waals surface area (Å²) in [5, 5.41) is 24.4. The van der Waals surface area contributed by atoms with Gasteiger partial charge in [-0.1, -0.05) is 12.1 Å². The van der Waals surface area contributed by atoms with Gasteiger partial charge in [0, 0.05) is 48.0 Å². The van der Waals surface area contributed by atoms with Crippen molar-refractivity contribution in [2.24, 2.45) is 5.92 Å². The molecule has 1 aromatic heterocycles. The molecule has 9 heteroatoms. The van der Waals surface area contributed by atoms with Crippen LogP contribution in [0.5, 0.6) is 5.75 Å². The number of aromatic nitrogens is 1. The first kappa shape index (κ1) is 27.0. The Kier molecular flexibility index (Phi) is 7.36. The highest BCUT2D eigenvalue weighted by Gasteiger charge is 2.33. The molecule has 7 rings (SSSR count). The maximum Gasteiger partial charge on any atom is 0.319 e. The van der Waals surface area contributed by atoms with Gasteiger partial charge in [0.25, 0.3) is 0 Å². The zero-order valence-electron chi connectivity index (χ0n) is 23.9. The van der Waals surface area contributed by atoms with E-state index in [1.54, 1.807) is 0 Å². The third-order valence-electron chi connectivity index (χ3n) is 9.13. The molecule has 0 unspecified atom stereocenters. The molecule has 42 heavy (non-hydrogen) atoms. The maximum atomic E-state index is 12.4. The van der Waals surface area contributed by atoms with Crippen LogP contribution < -0.4 is 15.4 Å². The molecule has 1 saturated heterocycles. The zero-order chi connectivity index (χ0) is 28.6. The molecule has 4 fully saturated rings. The summed E-state index contributed by atoms with van der Waals surface area (Å²) >= 11 is 0. The number of benzene rings is 2. The molecule has 2 amide bonds. The van der Waals surface area contributed by atoms with Crippen molar-refractivity contribution in [1.82, 2.24) is 9.88 Å². The predicted octanol–water partition coefficient (Wildman–Crippen LogP) is 6.99. The lowest BCUT2D eigenvalue weighted by molar-refractivity contribution is 0.0256. The number of carbonyl (C=O) groups excluding carboxylic acids is 1. The van der Waals surface area contributed by atoms with Crippen molar-refractivity contribution in [2.45, 2.75) is 82.4 Å². The molecule has 4 aliphatic rings. The molecular weight excluding hydrogens is 530 g/mol. The third-order valence-corrected chi connectivity index (χ3v) is 9.13. The summed E-state index contributed by atoms with van der Waals surface area (Å²) in [4.78, 5) is 12.4. The van der Waals surface area contributed by atoms with Crippen LogP contribution in [0.15, 0.2) is 42.5 Å². The second kappa shape index (κ2) is 11.4. The number of urea groups is 1. The average molecular weight is 570 g/mol. The van der Waals surface area contributed by atoms with Crippen LogP contribution in [-0.2, 0) is 9.47 Å². The average Bonchev–Trinajstić information content (AvgIpc) is 3.74. The van der Waals surface area contributed by atoms with Gasteiger partial charge < -0.3 is 29.4 Å². The first-order valence-corrected chi connectivity index (χ1v) is 15.5. The Morgan fingerprint density at radius 1 is 0.905 bits per heavy atom. The van der Waals surface area contributed by atoms with Gasteiger partial charge in [-0.15, -0.1) is 0 Å². The smallest absolute Gasteiger partial charge is 0.319 e. The van der Waals surface area contributed by atoms with Crippen LogP contribution in [0.3, 0.4) is 0 Å². The Morgan fingerprint density at radius 3 is 2.29 bits per heavy atom. The normalized spacial score (nSPS) is 19.5. The lowest BCUT2D eigenvalue weighted by atomic mass is 9.92. The van der Waals surface area contributed by atoms with Crippen molar-refractivity contribution < 1.29 is 19.0 Å². The summed E-state index contributed by atoms with van der Waals surface area (Å²) in [6, 6.07) is 14.4. The zero-order valence-corrected chi connectivity index (χ0v) is 23.9. The topological polar surface area (TPSA) is 121 Å². The van der Waals surface area contributed by atoms with E-state index in [0.717, 1.165) is 91.4 Å². The largest absolute Gasteiger partial charge is 0.490 e. The number of hydrogen-bond donors (Lipinski definition) is 4. The summed E-state index contributed by atoms with van der Waals surface area (Å²) in [6.45, 7) is 1.43. The number of fused-ring (bicyclic) bond motifs is 1.